The predicted octanol–water partition coefficient (Wildman–Crippen LogP) is 3.75. The first-order chi connectivity index (χ1) is 13.5. The fourth-order valence-electron chi connectivity index (χ4n) is 3.08. The topological polar surface area (TPSA) is 70.7 Å². The molecule has 28 heavy (non-hydrogen) atoms. The second-order valence-corrected chi connectivity index (χ2v) is 6.50. The van der Waals surface area contributed by atoms with Gasteiger partial charge >= 0.3 is 0 Å². The van der Waals surface area contributed by atoms with Gasteiger partial charge in [0.25, 0.3) is 0 Å². The van der Waals surface area contributed by atoms with E-state index in [0.717, 1.165) is 35.8 Å². The van der Waals surface area contributed by atoms with Gasteiger partial charge in [0.2, 0.25) is 11.8 Å². The van der Waals surface area contributed by atoms with E-state index >= 15 is 0 Å². The SMILES string of the molecule is CCN(CC)c1ccc(NC(=O)CC(NC(C)=O)c2ccc(OC)cc2)cc1. The average molecular weight is 383 g/mol. The minimum absolute atomic E-state index is 0.143. The van der Waals surface area contributed by atoms with E-state index in [0.29, 0.717) is 0 Å². The number of methoxy groups -OCH3 is 1. The van der Waals surface area contributed by atoms with Crippen molar-refractivity contribution in [3.63, 3.8) is 0 Å². The molecule has 2 rings (SSSR count). The van der Waals surface area contributed by atoms with Crippen LogP contribution in [0.3, 0.4) is 0 Å². The number of hydrogen-bond acceptors (Lipinski definition) is 4. The van der Waals surface area contributed by atoms with E-state index in [9.17, 15) is 9.59 Å². The molecule has 2 aromatic carbocycles. The van der Waals surface area contributed by atoms with Crippen LogP contribution in [0.2, 0.25) is 0 Å². The number of benzene rings is 2. The number of anilines is 2. The zero-order valence-corrected chi connectivity index (χ0v) is 17.0. The third-order valence-electron chi connectivity index (χ3n) is 4.56. The van der Waals surface area contributed by atoms with Gasteiger partial charge in [-0.3, -0.25) is 9.59 Å². The van der Waals surface area contributed by atoms with Gasteiger partial charge in [0.05, 0.1) is 19.6 Å². The van der Waals surface area contributed by atoms with Gasteiger partial charge in [0, 0.05) is 31.4 Å². The van der Waals surface area contributed by atoms with Crippen LogP contribution < -0.4 is 20.3 Å². The van der Waals surface area contributed by atoms with E-state index in [1.54, 1.807) is 7.11 Å². The lowest BCUT2D eigenvalue weighted by molar-refractivity contribution is -0.120. The number of ether oxygens (including phenoxy) is 1. The average Bonchev–Trinajstić information content (AvgIpc) is 2.69. The molecule has 150 valence electrons. The highest BCUT2D eigenvalue weighted by Gasteiger charge is 2.17. The Labute approximate surface area is 166 Å². The Hall–Kier alpha value is -3.02. The molecule has 0 aliphatic heterocycles. The molecular formula is C22H29N3O3. The molecule has 2 aromatic rings. The van der Waals surface area contributed by atoms with Crippen LogP contribution in [0.15, 0.2) is 48.5 Å². The normalized spacial score (nSPS) is 11.4. The lowest BCUT2D eigenvalue weighted by atomic mass is 10.0. The van der Waals surface area contributed by atoms with E-state index in [1.807, 2.05) is 48.5 Å². The van der Waals surface area contributed by atoms with Gasteiger partial charge in [-0.2, -0.15) is 0 Å². The van der Waals surface area contributed by atoms with Crippen LogP contribution >= 0.6 is 0 Å². The predicted molar refractivity (Wildman–Crippen MR) is 113 cm³/mol. The summed E-state index contributed by atoms with van der Waals surface area (Å²) < 4.78 is 5.16. The monoisotopic (exact) mass is 383 g/mol. The lowest BCUT2D eigenvalue weighted by Crippen LogP contribution is -2.29. The number of carbonyl (C=O) groups excluding carboxylic acids is 2. The van der Waals surface area contributed by atoms with Crippen LogP contribution in [0.25, 0.3) is 0 Å². The van der Waals surface area contributed by atoms with E-state index in [-0.39, 0.29) is 18.2 Å². The van der Waals surface area contributed by atoms with Crippen molar-refractivity contribution in [2.24, 2.45) is 0 Å². The summed E-state index contributed by atoms with van der Waals surface area (Å²) in [5.41, 5.74) is 2.71. The summed E-state index contributed by atoms with van der Waals surface area (Å²) in [6.45, 7) is 7.53. The van der Waals surface area contributed by atoms with Crippen molar-refractivity contribution in [2.75, 3.05) is 30.4 Å². The van der Waals surface area contributed by atoms with Crippen molar-refractivity contribution in [2.45, 2.75) is 33.2 Å². The highest BCUT2D eigenvalue weighted by atomic mass is 16.5. The first-order valence-corrected chi connectivity index (χ1v) is 9.52. The van der Waals surface area contributed by atoms with Crippen molar-refractivity contribution in [1.82, 2.24) is 5.32 Å². The second-order valence-electron chi connectivity index (χ2n) is 6.50. The number of carbonyl (C=O) groups is 2. The van der Waals surface area contributed by atoms with Gasteiger partial charge in [0.1, 0.15) is 5.75 Å². The van der Waals surface area contributed by atoms with Crippen LogP contribution in [0.1, 0.15) is 38.8 Å². The maximum absolute atomic E-state index is 12.5. The van der Waals surface area contributed by atoms with E-state index < -0.39 is 6.04 Å². The fraction of sp³-hybridized carbons (Fsp3) is 0.364. The summed E-state index contributed by atoms with van der Waals surface area (Å²) >= 11 is 0. The molecule has 0 aliphatic rings. The Bertz CT molecular complexity index is 769. The number of rotatable bonds is 9. The van der Waals surface area contributed by atoms with Crippen LogP contribution in [-0.2, 0) is 9.59 Å². The lowest BCUT2D eigenvalue weighted by Gasteiger charge is -2.21. The minimum atomic E-state index is -0.404. The maximum atomic E-state index is 12.5. The van der Waals surface area contributed by atoms with Crippen molar-refractivity contribution < 1.29 is 14.3 Å². The summed E-state index contributed by atoms with van der Waals surface area (Å²) in [5.74, 6) is 0.380. The van der Waals surface area contributed by atoms with Crippen LogP contribution in [0, 0.1) is 0 Å². The van der Waals surface area contributed by atoms with Gasteiger partial charge in [-0.05, 0) is 55.8 Å². The van der Waals surface area contributed by atoms with Crippen molar-refractivity contribution in [3.05, 3.63) is 54.1 Å². The largest absolute Gasteiger partial charge is 0.497 e. The standard InChI is InChI=1S/C22H29N3O3/c1-5-25(6-2)19-11-9-18(10-12-19)24-22(27)15-21(23-16(3)26)17-7-13-20(28-4)14-8-17/h7-14,21H,5-6,15H2,1-4H3,(H,23,26)(H,24,27). The molecule has 0 bridgehead atoms. The molecule has 1 atom stereocenters. The summed E-state index contributed by atoms with van der Waals surface area (Å²) in [5, 5.41) is 5.75. The van der Waals surface area contributed by atoms with Crippen LogP contribution in [0.5, 0.6) is 5.75 Å². The Morgan fingerprint density at radius 2 is 1.61 bits per heavy atom. The highest BCUT2D eigenvalue weighted by Crippen LogP contribution is 2.22. The Kier molecular flexibility index (Phi) is 7.87. The zero-order valence-electron chi connectivity index (χ0n) is 17.0. The number of nitrogens with one attached hydrogen (secondary N) is 2. The first-order valence-electron chi connectivity index (χ1n) is 9.52. The summed E-state index contributed by atoms with van der Waals surface area (Å²) in [6.07, 6.45) is 0.143. The summed E-state index contributed by atoms with van der Waals surface area (Å²) in [6, 6.07) is 14.7. The van der Waals surface area contributed by atoms with E-state index in [1.165, 1.54) is 6.92 Å². The number of hydrogen-bond donors (Lipinski definition) is 2. The molecule has 2 amide bonds. The van der Waals surface area contributed by atoms with Crippen molar-refractivity contribution in [3.8, 4) is 5.75 Å². The number of amides is 2. The molecule has 2 N–H and O–H groups in total. The van der Waals surface area contributed by atoms with Crippen molar-refractivity contribution in [1.29, 1.82) is 0 Å². The minimum Gasteiger partial charge on any atom is -0.497 e. The quantitative estimate of drug-likeness (QED) is 0.692. The Balaban J connectivity index is 2.05. The zero-order chi connectivity index (χ0) is 20.5. The Morgan fingerprint density at radius 3 is 2.11 bits per heavy atom. The first kappa shape index (κ1) is 21.3. The van der Waals surface area contributed by atoms with Gasteiger partial charge in [-0.25, -0.2) is 0 Å². The summed E-state index contributed by atoms with van der Waals surface area (Å²) in [7, 11) is 1.60. The molecule has 0 spiro atoms. The molecule has 0 radical (unpaired) electrons. The summed E-state index contributed by atoms with van der Waals surface area (Å²) in [4.78, 5) is 26.3. The van der Waals surface area contributed by atoms with Crippen molar-refractivity contribution >= 4 is 23.2 Å². The van der Waals surface area contributed by atoms with Gasteiger partial charge < -0.3 is 20.3 Å². The fourth-order valence-corrected chi connectivity index (χ4v) is 3.08. The van der Waals surface area contributed by atoms with Crippen LogP contribution in [-0.4, -0.2) is 32.0 Å². The van der Waals surface area contributed by atoms with Crippen LogP contribution in [0.4, 0.5) is 11.4 Å². The Morgan fingerprint density at radius 1 is 1.00 bits per heavy atom. The van der Waals surface area contributed by atoms with Gasteiger partial charge in [-0.1, -0.05) is 12.1 Å². The molecular weight excluding hydrogens is 354 g/mol. The molecule has 6 nitrogen and oxygen atoms in total. The molecule has 0 aliphatic carbocycles. The maximum Gasteiger partial charge on any atom is 0.226 e. The molecule has 0 saturated carbocycles. The molecule has 0 fully saturated rings. The molecule has 0 aromatic heterocycles. The smallest absolute Gasteiger partial charge is 0.226 e. The van der Waals surface area contributed by atoms with Gasteiger partial charge in [0.15, 0.2) is 0 Å². The third kappa shape index (κ3) is 6.01. The number of nitrogens with zero attached hydrogens (tertiary/aromatic N) is 1. The highest BCUT2D eigenvalue weighted by molar-refractivity contribution is 5.91. The van der Waals surface area contributed by atoms with E-state index in [2.05, 4.69) is 29.4 Å². The molecule has 1 unspecified atom stereocenters. The third-order valence-corrected chi connectivity index (χ3v) is 4.56. The van der Waals surface area contributed by atoms with Gasteiger partial charge in [-0.15, -0.1) is 0 Å². The van der Waals surface area contributed by atoms with E-state index in [4.69, 9.17) is 4.74 Å². The molecule has 0 heterocycles. The molecule has 6 heteroatoms. The molecule has 0 saturated heterocycles. The second kappa shape index (κ2) is 10.3.